The molecule has 0 fully saturated rings. The summed E-state index contributed by atoms with van der Waals surface area (Å²) in [7, 11) is 0. The molecular formula is C22H22N4O2. The van der Waals surface area contributed by atoms with Gasteiger partial charge in [-0.05, 0) is 17.7 Å². The number of imidazole rings is 1. The lowest BCUT2D eigenvalue weighted by Crippen LogP contribution is -2.39. The highest BCUT2D eigenvalue weighted by Crippen LogP contribution is 2.31. The Bertz CT molecular complexity index is 953. The van der Waals surface area contributed by atoms with Crippen molar-refractivity contribution in [2.75, 3.05) is 11.9 Å². The molecule has 142 valence electrons. The van der Waals surface area contributed by atoms with Gasteiger partial charge in [-0.1, -0.05) is 48.5 Å². The first-order valence-electron chi connectivity index (χ1n) is 9.40. The number of anilines is 1. The summed E-state index contributed by atoms with van der Waals surface area (Å²) >= 11 is 0. The van der Waals surface area contributed by atoms with E-state index in [1.54, 1.807) is 6.33 Å². The van der Waals surface area contributed by atoms with Crippen LogP contribution in [0.4, 0.5) is 5.69 Å². The van der Waals surface area contributed by atoms with E-state index in [0.717, 1.165) is 22.6 Å². The Hall–Kier alpha value is -3.41. The van der Waals surface area contributed by atoms with Crippen LogP contribution in [0, 0.1) is 0 Å². The van der Waals surface area contributed by atoms with Gasteiger partial charge >= 0.3 is 0 Å². The second kappa shape index (κ2) is 8.08. The molecule has 0 bridgehead atoms. The molecule has 2 amide bonds. The Morgan fingerprint density at radius 2 is 1.75 bits per heavy atom. The molecule has 0 spiro atoms. The third kappa shape index (κ3) is 3.96. The van der Waals surface area contributed by atoms with Gasteiger partial charge in [-0.15, -0.1) is 0 Å². The summed E-state index contributed by atoms with van der Waals surface area (Å²) < 4.78 is 0. The molecule has 3 aromatic rings. The monoisotopic (exact) mass is 374 g/mol. The van der Waals surface area contributed by atoms with E-state index in [-0.39, 0.29) is 30.6 Å². The van der Waals surface area contributed by atoms with Crippen molar-refractivity contribution in [1.82, 2.24) is 14.9 Å². The number of aromatic amines is 1. The summed E-state index contributed by atoms with van der Waals surface area (Å²) in [4.78, 5) is 34.4. The first-order valence-corrected chi connectivity index (χ1v) is 9.40. The lowest BCUT2D eigenvalue weighted by Gasteiger charge is -2.32. The average Bonchev–Trinajstić information content (AvgIpc) is 3.21. The first-order chi connectivity index (χ1) is 13.7. The number of aromatic nitrogens is 2. The lowest BCUT2D eigenvalue weighted by atomic mass is 9.91. The molecule has 4 rings (SSSR count). The molecule has 1 unspecified atom stereocenters. The van der Waals surface area contributed by atoms with E-state index in [4.69, 9.17) is 0 Å². The van der Waals surface area contributed by atoms with Crippen LogP contribution in [0.25, 0.3) is 0 Å². The quantitative estimate of drug-likeness (QED) is 0.719. The zero-order valence-electron chi connectivity index (χ0n) is 15.5. The van der Waals surface area contributed by atoms with E-state index < -0.39 is 0 Å². The van der Waals surface area contributed by atoms with E-state index in [2.05, 4.69) is 27.4 Å². The number of rotatable bonds is 5. The van der Waals surface area contributed by atoms with Gasteiger partial charge in [0.15, 0.2) is 0 Å². The second-order valence-electron chi connectivity index (χ2n) is 6.92. The molecule has 1 aliphatic heterocycles. The Balaban J connectivity index is 1.40. The fourth-order valence-corrected chi connectivity index (χ4v) is 3.58. The van der Waals surface area contributed by atoms with Crippen molar-refractivity contribution in [2.24, 2.45) is 0 Å². The van der Waals surface area contributed by atoms with Crippen molar-refractivity contribution in [3.8, 4) is 0 Å². The van der Waals surface area contributed by atoms with Gasteiger partial charge in [0, 0.05) is 31.0 Å². The van der Waals surface area contributed by atoms with Crippen LogP contribution in [0.3, 0.4) is 0 Å². The third-order valence-corrected chi connectivity index (χ3v) is 5.01. The second-order valence-corrected chi connectivity index (χ2v) is 6.92. The van der Waals surface area contributed by atoms with Crippen LogP contribution in [-0.4, -0.2) is 33.2 Å². The predicted molar refractivity (Wildman–Crippen MR) is 107 cm³/mol. The molecule has 28 heavy (non-hydrogen) atoms. The van der Waals surface area contributed by atoms with Gasteiger partial charge in [-0.3, -0.25) is 9.59 Å². The largest absolute Gasteiger partial charge is 0.347 e. The molecule has 1 atom stereocenters. The molecule has 2 heterocycles. The maximum absolute atomic E-state index is 12.8. The van der Waals surface area contributed by atoms with Gasteiger partial charge < -0.3 is 15.2 Å². The van der Waals surface area contributed by atoms with Crippen molar-refractivity contribution in [3.05, 3.63) is 83.9 Å². The van der Waals surface area contributed by atoms with Gasteiger partial charge in [-0.2, -0.15) is 0 Å². The SMILES string of the molecule is O=C(CCC(=O)N1Cc2[nH]cnc2C(c2ccccc2)C1)Nc1ccccc1. The van der Waals surface area contributed by atoms with Crippen molar-refractivity contribution in [3.63, 3.8) is 0 Å². The fourth-order valence-electron chi connectivity index (χ4n) is 3.58. The van der Waals surface area contributed by atoms with Crippen molar-refractivity contribution >= 4 is 17.5 Å². The standard InChI is InChI=1S/C22H22N4O2/c27-20(25-17-9-5-2-6-10-17)11-12-21(28)26-13-18(16-7-3-1-4-8-16)22-19(14-26)23-15-24-22/h1-10,15,18H,11-14H2,(H,23,24)(H,25,27). The van der Waals surface area contributed by atoms with E-state index in [1.807, 2.05) is 53.4 Å². The molecule has 1 aromatic heterocycles. The number of H-pyrrole nitrogens is 1. The molecule has 2 aromatic carbocycles. The maximum atomic E-state index is 12.8. The molecule has 0 radical (unpaired) electrons. The smallest absolute Gasteiger partial charge is 0.224 e. The summed E-state index contributed by atoms with van der Waals surface area (Å²) in [5.74, 6) is -0.138. The minimum absolute atomic E-state index is 0.0237. The highest BCUT2D eigenvalue weighted by atomic mass is 16.2. The third-order valence-electron chi connectivity index (χ3n) is 5.01. The molecule has 6 heteroatoms. The van der Waals surface area contributed by atoms with Gasteiger partial charge in [-0.25, -0.2) is 4.98 Å². The number of amides is 2. The molecule has 6 nitrogen and oxygen atoms in total. The molecule has 0 saturated heterocycles. The summed E-state index contributed by atoms with van der Waals surface area (Å²) in [6.07, 6.45) is 2.03. The topological polar surface area (TPSA) is 78.1 Å². The molecular weight excluding hydrogens is 352 g/mol. The number of benzene rings is 2. The fraction of sp³-hybridized carbons (Fsp3) is 0.227. The van der Waals surface area contributed by atoms with E-state index >= 15 is 0 Å². The van der Waals surface area contributed by atoms with E-state index in [0.29, 0.717) is 13.1 Å². The van der Waals surface area contributed by atoms with Crippen molar-refractivity contribution < 1.29 is 9.59 Å². The number of nitrogens with one attached hydrogen (secondary N) is 2. The van der Waals surface area contributed by atoms with Gasteiger partial charge in [0.05, 0.1) is 24.3 Å². The molecule has 0 aliphatic carbocycles. The van der Waals surface area contributed by atoms with Gasteiger partial charge in [0.1, 0.15) is 0 Å². The van der Waals surface area contributed by atoms with Gasteiger partial charge in [0.2, 0.25) is 11.8 Å². The van der Waals surface area contributed by atoms with Crippen LogP contribution in [0.5, 0.6) is 0 Å². The predicted octanol–water partition coefficient (Wildman–Crippen LogP) is 3.30. The number of nitrogens with zero attached hydrogens (tertiary/aromatic N) is 2. The van der Waals surface area contributed by atoms with Gasteiger partial charge in [0.25, 0.3) is 0 Å². The van der Waals surface area contributed by atoms with Crippen LogP contribution in [0.2, 0.25) is 0 Å². The number of fused-ring (bicyclic) bond motifs is 1. The normalized spacial score (nSPS) is 15.7. The molecule has 2 N–H and O–H groups in total. The Labute approximate surface area is 163 Å². The number of hydrogen-bond donors (Lipinski definition) is 2. The molecule has 0 saturated carbocycles. The number of carbonyl (C=O) groups excluding carboxylic acids is 2. The van der Waals surface area contributed by atoms with Crippen LogP contribution in [0.15, 0.2) is 67.0 Å². The minimum Gasteiger partial charge on any atom is -0.347 e. The zero-order chi connectivity index (χ0) is 19.3. The van der Waals surface area contributed by atoms with E-state index in [9.17, 15) is 9.59 Å². The van der Waals surface area contributed by atoms with Crippen molar-refractivity contribution in [2.45, 2.75) is 25.3 Å². The Morgan fingerprint density at radius 1 is 1.04 bits per heavy atom. The Morgan fingerprint density at radius 3 is 2.50 bits per heavy atom. The highest BCUT2D eigenvalue weighted by Gasteiger charge is 2.31. The van der Waals surface area contributed by atoms with Crippen molar-refractivity contribution in [1.29, 1.82) is 0 Å². The first kappa shape index (κ1) is 18.0. The number of hydrogen-bond acceptors (Lipinski definition) is 3. The van der Waals surface area contributed by atoms with Crippen LogP contribution < -0.4 is 5.32 Å². The minimum atomic E-state index is -0.154. The number of carbonyl (C=O) groups is 2. The van der Waals surface area contributed by atoms with Crippen LogP contribution >= 0.6 is 0 Å². The van der Waals surface area contributed by atoms with Crippen LogP contribution in [-0.2, 0) is 16.1 Å². The van der Waals surface area contributed by atoms with E-state index in [1.165, 1.54) is 0 Å². The summed E-state index contributed by atoms with van der Waals surface area (Å²) in [5.41, 5.74) is 3.83. The summed E-state index contributed by atoms with van der Waals surface area (Å²) in [5, 5.41) is 2.82. The molecule has 1 aliphatic rings. The Kier molecular flexibility index (Phi) is 5.19. The highest BCUT2D eigenvalue weighted by molar-refractivity contribution is 5.93. The summed E-state index contributed by atoms with van der Waals surface area (Å²) in [6.45, 7) is 1.07. The number of para-hydroxylation sites is 1. The summed E-state index contributed by atoms with van der Waals surface area (Å²) in [6, 6.07) is 19.4. The average molecular weight is 374 g/mol. The maximum Gasteiger partial charge on any atom is 0.224 e. The zero-order valence-corrected chi connectivity index (χ0v) is 15.5. The van der Waals surface area contributed by atoms with Crippen LogP contribution in [0.1, 0.15) is 35.7 Å². The lowest BCUT2D eigenvalue weighted by molar-refractivity contribution is -0.134.